The van der Waals surface area contributed by atoms with Crippen molar-refractivity contribution in [3.05, 3.63) is 12.0 Å². The van der Waals surface area contributed by atoms with Crippen LogP contribution in [0.5, 0.6) is 0 Å². The number of rotatable bonds is 4. The van der Waals surface area contributed by atoms with Gasteiger partial charge in [0.25, 0.3) is 6.01 Å². The van der Waals surface area contributed by atoms with E-state index in [9.17, 15) is 0 Å². The monoisotopic (exact) mass is 198 g/mol. The van der Waals surface area contributed by atoms with Crippen LogP contribution in [0.4, 0.5) is 6.01 Å². The Morgan fingerprint density at radius 3 is 2.79 bits per heavy atom. The summed E-state index contributed by atoms with van der Waals surface area (Å²) in [6, 6.07) is 0.483. The number of hydrogen-bond donors (Lipinski definition) is 2. The predicted molar refractivity (Wildman–Crippen MR) is 52.6 cm³/mol. The predicted octanol–water partition coefficient (Wildman–Crippen LogP) is 0.615. The lowest BCUT2D eigenvalue weighted by Crippen LogP contribution is -2.22. The van der Waals surface area contributed by atoms with Crippen molar-refractivity contribution in [1.29, 1.82) is 0 Å². The average Bonchev–Trinajstić information content (AvgIpc) is 2.68. The van der Waals surface area contributed by atoms with Gasteiger partial charge in [0, 0.05) is 13.1 Å². The van der Waals surface area contributed by atoms with E-state index in [2.05, 4.69) is 10.1 Å². The number of amidine groups is 1. The Kier molecular flexibility index (Phi) is 3.33. The number of anilines is 1. The zero-order chi connectivity index (χ0) is 10.6. The molecule has 0 spiro atoms. The van der Waals surface area contributed by atoms with Crippen LogP contribution in [0.2, 0.25) is 0 Å². The molecule has 6 nitrogen and oxygen atoms in total. The Bertz CT molecular complexity index is 317. The topological polar surface area (TPSA) is 87.9 Å². The molecule has 0 bridgehead atoms. The summed E-state index contributed by atoms with van der Waals surface area (Å²) >= 11 is 0. The van der Waals surface area contributed by atoms with Crippen LogP contribution in [0, 0.1) is 0 Å². The van der Waals surface area contributed by atoms with Gasteiger partial charge in [0.2, 0.25) is 5.84 Å². The van der Waals surface area contributed by atoms with Gasteiger partial charge in [-0.15, -0.1) is 0 Å². The molecule has 0 saturated carbocycles. The second kappa shape index (κ2) is 4.50. The molecule has 0 saturated heterocycles. The van der Waals surface area contributed by atoms with E-state index in [0.29, 0.717) is 6.01 Å². The molecule has 0 atom stereocenters. The maximum absolute atomic E-state index is 8.41. The molecule has 0 amide bonds. The minimum atomic E-state index is -0.0732. The Hall–Kier alpha value is -1.72. The molecule has 0 aliphatic heterocycles. The Balaban J connectivity index is 2.87. The maximum Gasteiger partial charge on any atom is 0.297 e. The first-order chi connectivity index (χ1) is 6.72. The molecule has 78 valence electrons. The van der Waals surface area contributed by atoms with Crippen molar-refractivity contribution in [3.63, 3.8) is 0 Å². The van der Waals surface area contributed by atoms with Crippen LogP contribution in [-0.2, 0) is 0 Å². The van der Waals surface area contributed by atoms with Gasteiger partial charge in [0.1, 0.15) is 0 Å². The summed E-state index contributed by atoms with van der Waals surface area (Å²) in [4.78, 5) is 5.94. The number of oxazole rings is 1. The smallest absolute Gasteiger partial charge is 0.297 e. The van der Waals surface area contributed by atoms with Crippen LogP contribution in [0.25, 0.3) is 0 Å². The maximum atomic E-state index is 8.41. The summed E-state index contributed by atoms with van der Waals surface area (Å²) in [5.74, 6) is 0.199. The molecule has 1 rings (SSSR count). The van der Waals surface area contributed by atoms with Crippen LogP contribution in [0.3, 0.4) is 0 Å². The first-order valence-corrected chi connectivity index (χ1v) is 4.41. The van der Waals surface area contributed by atoms with Gasteiger partial charge in [-0.3, -0.25) is 0 Å². The minimum absolute atomic E-state index is 0.0732. The largest absolute Gasteiger partial charge is 0.420 e. The van der Waals surface area contributed by atoms with E-state index in [4.69, 9.17) is 15.4 Å². The molecule has 3 N–H and O–H groups in total. The number of aromatic nitrogens is 1. The van der Waals surface area contributed by atoms with Crippen LogP contribution in [0.1, 0.15) is 19.6 Å². The quantitative estimate of drug-likeness (QED) is 0.320. The molecule has 0 aliphatic carbocycles. The van der Waals surface area contributed by atoms with E-state index in [1.807, 2.05) is 18.7 Å². The molecule has 0 aromatic carbocycles. The van der Waals surface area contributed by atoms with Crippen LogP contribution >= 0.6 is 0 Å². The third-order valence-electron chi connectivity index (χ3n) is 1.89. The van der Waals surface area contributed by atoms with Crippen molar-refractivity contribution in [3.8, 4) is 0 Å². The third-order valence-corrected chi connectivity index (χ3v) is 1.89. The van der Waals surface area contributed by atoms with Gasteiger partial charge in [0.15, 0.2) is 5.76 Å². The molecule has 1 heterocycles. The van der Waals surface area contributed by atoms with E-state index >= 15 is 0 Å². The van der Waals surface area contributed by atoms with E-state index in [1.165, 1.54) is 6.20 Å². The van der Waals surface area contributed by atoms with E-state index in [0.717, 1.165) is 13.1 Å². The van der Waals surface area contributed by atoms with Crippen molar-refractivity contribution < 1.29 is 9.62 Å². The number of nitrogens with zero attached hydrogens (tertiary/aromatic N) is 3. The minimum Gasteiger partial charge on any atom is -0.420 e. The van der Waals surface area contributed by atoms with Gasteiger partial charge < -0.3 is 20.3 Å². The summed E-state index contributed by atoms with van der Waals surface area (Å²) in [7, 11) is 0. The molecule has 1 aromatic rings. The first-order valence-electron chi connectivity index (χ1n) is 4.41. The zero-order valence-electron chi connectivity index (χ0n) is 8.27. The van der Waals surface area contributed by atoms with E-state index in [-0.39, 0.29) is 11.6 Å². The molecule has 0 unspecified atom stereocenters. The summed E-state index contributed by atoms with van der Waals surface area (Å²) in [6.07, 6.45) is 1.43. The standard InChI is InChI=1S/C8H14N4O2/c1-3-12(4-2)8-10-5-6(14-8)7(9)11-13/h5,13H,3-4H2,1-2H3,(H2,9,11). The first kappa shape index (κ1) is 10.4. The van der Waals surface area contributed by atoms with Crippen molar-refractivity contribution in [2.45, 2.75) is 13.8 Å². The number of hydrogen-bond acceptors (Lipinski definition) is 5. The Morgan fingerprint density at radius 1 is 1.64 bits per heavy atom. The molecule has 0 fully saturated rings. The van der Waals surface area contributed by atoms with Gasteiger partial charge in [-0.05, 0) is 13.8 Å². The van der Waals surface area contributed by atoms with E-state index < -0.39 is 0 Å². The van der Waals surface area contributed by atoms with Crippen molar-refractivity contribution in [2.75, 3.05) is 18.0 Å². The summed E-state index contributed by atoms with van der Waals surface area (Å²) < 4.78 is 5.28. The Labute approximate surface area is 82.0 Å². The van der Waals surface area contributed by atoms with Gasteiger partial charge >= 0.3 is 0 Å². The SMILES string of the molecule is CCN(CC)c1ncc(/C(N)=N\O)o1. The van der Waals surface area contributed by atoms with Gasteiger partial charge in [-0.2, -0.15) is 0 Å². The second-order valence-electron chi connectivity index (χ2n) is 2.66. The molecule has 6 heteroatoms. The lowest BCUT2D eigenvalue weighted by atomic mass is 10.5. The van der Waals surface area contributed by atoms with Crippen LogP contribution in [-0.4, -0.2) is 29.1 Å². The Morgan fingerprint density at radius 2 is 2.29 bits per heavy atom. The normalized spacial score (nSPS) is 11.7. The van der Waals surface area contributed by atoms with Gasteiger partial charge in [-0.1, -0.05) is 5.16 Å². The molecular formula is C8H14N4O2. The average molecular weight is 198 g/mol. The van der Waals surface area contributed by atoms with Crippen molar-refractivity contribution in [2.24, 2.45) is 10.9 Å². The fraction of sp³-hybridized carbons (Fsp3) is 0.500. The zero-order valence-corrected chi connectivity index (χ0v) is 8.27. The molecular weight excluding hydrogens is 184 g/mol. The fourth-order valence-electron chi connectivity index (χ4n) is 1.07. The lowest BCUT2D eigenvalue weighted by molar-refractivity contribution is 0.317. The van der Waals surface area contributed by atoms with Crippen LogP contribution < -0.4 is 10.6 Å². The lowest BCUT2D eigenvalue weighted by Gasteiger charge is -2.14. The van der Waals surface area contributed by atoms with Crippen molar-refractivity contribution >= 4 is 11.9 Å². The van der Waals surface area contributed by atoms with E-state index in [1.54, 1.807) is 0 Å². The number of nitrogens with two attached hydrogens (primary N) is 1. The highest BCUT2D eigenvalue weighted by Crippen LogP contribution is 2.13. The number of oxime groups is 1. The second-order valence-corrected chi connectivity index (χ2v) is 2.66. The molecule has 1 aromatic heterocycles. The molecule has 0 radical (unpaired) electrons. The molecule has 0 aliphatic rings. The molecule has 14 heavy (non-hydrogen) atoms. The summed E-state index contributed by atoms with van der Waals surface area (Å²) in [6.45, 7) is 5.59. The van der Waals surface area contributed by atoms with Gasteiger partial charge in [-0.25, -0.2) is 4.98 Å². The summed E-state index contributed by atoms with van der Waals surface area (Å²) in [5.41, 5.74) is 5.34. The van der Waals surface area contributed by atoms with Crippen LogP contribution in [0.15, 0.2) is 15.8 Å². The van der Waals surface area contributed by atoms with Gasteiger partial charge in [0.05, 0.1) is 6.20 Å². The van der Waals surface area contributed by atoms with Crippen molar-refractivity contribution in [1.82, 2.24) is 4.98 Å². The highest BCUT2D eigenvalue weighted by atomic mass is 16.4. The summed E-state index contributed by atoms with van der Waals surface area (Å²) in [5, 5.41) is 11.2. The highest BCUT2D eigenvalue weighted by Gasteiger charge is 2.11. The fourth-order valence-corrected chi connectivity index (χ4v) is 1.07. The highest BCUT2D eigenvalue weighted by molar-refractivity contribution is 5.94. The third kappa shape index (κ3) is 1.95.